The van der Waals surface area contributed by atoms with Gasteiger partial charge >= 0.3 is 5.97 Å². The van der Waals surface area contributed by atoms with E-state index in [9.17, 15) is 4.79 Å². The second kappa shape index (κ2) is 16.3. The summed E-state index contributed by atoms with van der Waals surface area (Å²) < 4.78 is 0. The average molecular weight is 517 g/mol. The Kier molecular flexibility index (Phi) is 12.8. The molecule has 1 unspecified atom stereocenters. The summed E-state index contributed by atoms with van der Waals surface area (Å²) in [5.41, 5.74) is 15.4. The van der Waals surface area contributed by atoms with Crippen molar-refractivity contribution >= 4 is 5.97 Å². The molecule has 1 aliphatic heterocycles. The van der Waals surface area contributed by atoms with Crippen LogP contribution in [0, 0.1) is 13.8 Å². The maximum Gasteiger partial charge on any atom is 0.307 e. The van der Waals surface area contributed by atoms with E-state index in [0.29, 0.717) is 6.04 Å². The van der Waals surface area contributed by atoms with Crippen LogP contribution in [0.25, 0.3) is 0 Å². The number of benzene rings is 2. The quantitative estimate of drug-likeness (QED) is 0.354. The molecule has 0 fully saturated rings. The van der Waals surface area contributed by atoms with Crippen LogP contribution in [0.15, 0.2) is 71.3 Å². The van der Waals surface area contributed by atoms with Gasteiger partial charge in [0, 0.05) is 6.04 Å². The van der Waals surface area contributed by atoms with Crippen molar-refractivity contribution < 1.29 is 9.90 Å². The summed E-state index contributed by atoms with van der Waals surface area (Å²) in [6.07, 6.45) is 16.9. The first-order valence-corrected chi connectivity index (χ1v) is 14.6. The molecular weight excluding hydrogens is 468 g/mol. The first kappa shape index (κ1) is 29.9. The minimum absolute atomic E-state index is 0.111. The van der Waals surface area contributed by atoms with Crippen LogP contribution in [0.1, 0.15) is 86.5 Å². The summed E-state index contributed by atoms with van der Waals surface area (Å²) in [5, 5.41) is 12.2. The van der Waals surface area contributed by atoms with Gasteiger partial charge in [0.05, 0.1) is 6.42 Å². The number of nitrogens with one attached hydrogen (secondary N) is 1. The second-order valence-electron chi connectivity index (χ2n) is 11.0. The molecule has 0 amide bonds. The van der Waals surface area contributed by atoms with Crippen LogP contribution in [0.2, 0.25) is 0 Å². The molecule has 0 spiro atoms. The number of hydrogen-bond acceptors (Lipinski definition) is 3. The van der Waals surface area contributed by atoms with Gasteiger partial charge in [0.25, 0.3) is 0 Å². The van der Waals surface area contributed by atoms with E-state index >= 15 is 0 Å². The molecule has 2 aromatic carbocycles. The minimum Gasteiger partial charge on any atom is -0.481 e. The zero-order valence-corrected chi connectivity index (χ0v) is 23.6. The van der Waals surface area contributed by atoms with Gasteiger partial charge in [-0.3, -0.25) is 4.79 Å². The average Bonchev–Trinajstić information content (AvgIpc) is 2.93. The van der Waals surface area contributed by atoms with Crippen LogP contribution >= 0.6 is 0 Å². The van der Waals surface area contributed by atoms with Crippen LogP contribution < -0.4 is 11.1 Å². The van der Waals surface area contributed by atoms with E-state index in [-0.39, 0.29) is 6.42 Å². The maximum absolute atomic E-state index is 10.3. The zero-order valence-electron chi connectivity index (χ0n) is 23.6. The van der Waals surface area contributed by atoms with Crippen molar-refractivity contribution in [1.29, 1.82) is 0 Å². The van der Waals surface area contributed by atoms with Gasteiger partial charge in [0.2, 0.25) is 0 Å². The first-order chi connectivity index (χ1) is 18.4. The fourth-order valence-corrected chi connectivity index (χ4v) is 5.57. The highest BCUT2D eigenvalue weighted by molar-refractivity contribution is 5.70. The van der Waals surface area contributed by atoms with Gasteiger partial charge in [-0.15, -0.1) is 0 Å². The maximum atomic E-state index is 10.3. The SMILES string of the molecule is Cc1ccc(CC(=O)O)cc1.Cc1ccc(CC2NCCC3=C2CCCC3)cc1.NCCC1=CCCCC1. The van der Waals surface area contributed by atoms with Crippen molar-refractivity contribution in [2.24, 2.45) is 5.73 Å². The fraction of sp³-hybridized carbons (Fsp3) is 0.500. The van der Waals surface area contributed by atoms with Crippen molar-refractivity contribution in [3.05, 3.63) is 93.6 Å². The number of allylic oxidation sites excluding steroid dienone is 1. The normalized spacial score (nSPS) is 18.7. The van der Waals surface area contributed by atoms with E-state index < -0.39 is 5.97 Å². The molecule has 1 atom stereocenters. The fourth-order valence-electron chi connectivity index (χ4n) is 5.57. The van der Waals surface area contributed by atoms with E-state index in [1.54, 1.807) is 16.7 Å². The number of nitrogens with two attached hydrogens (primary N) is 1. The van der Waals surface area contributed by atoms with Gasteiger partial charge in [0.15, 0.2) is 0 Å². The summed E-state index contributed by atoms with van der Waals surface area (Å²) in [6.45, 7) is 6.14. The van der Waals surface area contributed by atoms with E-state index in [0.717, 1.165) is 24.1 Å². The Hall–Kier alpha value is -2.69. The second-order valence-corrected chi connectivity index (χ2v) is 11.0. The van der Waals surface area contributed by atoms with Gasteiger partial charge in [-0.1, -0.05) is 82.5 Å². The van der Waals surface area contributed by atoms with Crippen LogP contribution in [0.4, 0.5) is 0 Å². The molecule has 0 aromatic heterocycles. The van der Waals surface area contributed by atoms with E-state index in [1.807, 2.05) is 31.2 Å². The number of rotatable bonds is 6. The molecule has 0 saturated heterocycles. The molecule has 1 heterocycles. The topological polar surface area (TPSA) is 75.3 Å². The zero-order chi connectivity index (χ0) is 27.2. The smallest absolute Gasteiger partial charge is 0.307 e. The Morgan fingerprint density at radius 3 is 2.11 bits per heavy atom. The van der Waals surface area contributed by atoms with Crippen LogP contribution in [0.5, 0.6) is 0 Å². The van der Waals surface area contributed by atoms with E-state index in [4.69, 9.17) is 10.8 Å². The lowest BCUT2D eigenvalue weighted by Crippen LogP contribution is -2.39. The lowest BCUT2D eigenvalue weighted by Gasteiger charge is -2.33. The lowest BCUT2D eigenvalue weighted by atomic mass is 9.81. The predicted octanol–water partition coefficient (Wildman–Crippen LogP) is 7.23. The van der Waals surface area contributed by atoms with E-state index in [1.165, 1.54) is 81.9 Å². The van der Waals surface area contributed by atoms with Gasteiger partial charge in [0.1, 0.15) is 0 Å². The van der Waals surface area contributed by atoms with Crippen LogP contribution in [0.3, 0.4) is 0 Å². The third-order valence-electron chi connectivity index (χ3n) is 7.75. The Bertz CT molecular complexity index is 1050. The number of carboxylic acid groups (broad SMARTS) is 1. The molecule has 38 heavy (non-hydrogen) atoms. The number of carboxylic acids is 1. The summed E-state index contributed by atoms with van der Waals surface area (Å²) in [4.78, 5) is 10.3. The summed E-state index contributed by atoms with van der Waals surface area (Å²) in [7, 11) is 0. The highest BCUT2D eigenvalue weighted by atomic mass is 16.4. The molecule has 0 radical (unpaired) electrons. The van der Waals surface area contributed by atoms with Crippen molar-refractivity contribution in [2.45, 2.75) is 96.9 Å². The highest BCUT2D eigenvalue weighted by Gasteiger charge is 2.24. The Morgan fingerprint density at radius 2 is 1.50 bits per heavy atom. The predicted molar refractivity (Wildman–Crippen MR) is 160 cm³/mol. The van der Waals surface area contributed by atoms with Gasteiger partial charge < -0.3 is 16.2 Å². The van der Waals surface area contributed by atoms with Crippen molar-refractivity contribution in [1.82, 2.24) is 5.32 Å². The monoisotopic (exact) mass is 516 g/mol. The molecule has 0 bridgehead atoms. The number of carbonyl (C=O) groups is 1. The highest BCUT2D eigenvalue weighted by Crippen LogP contribution is 2.32. The third-order valence-corrected chi connectivity index (χ3v) is 7.75. The largest absolute Gasteiger partial charge is 0.481 e. The molecule has 5 rings (SSSR count). The van der Waals surface area contributed by atoms with Crippen LogP contribution in [-0.2, 0) is 17.6 Å². The Balaban J connectivity index is 0.000000172. The molecule has 2 aromatic rings. The molecule has 0 saturated carbocycles. The molecule has 4 heteroatoms. The van der Waals surface area contributed by atoms with Crippen molar-refractivity contribution in [2.75, 3.05) is 13.1 Å². The summed E-state index contributed by atoms with van der Waals surface area (Å²) in [6, 6.07) is 17.1. The van der Waals surface area contributed by atoms with Gasteiger partial charge in [-0.2, -0.15) is 0 Å². The number of aryl methyl sites for hydroxylation is 2. The molecular formula is C34H48N2O2. The molecule has 2 aliphatic carbocycles. The van der Waals surface area contributed by atoms with Crippen LogP contribution in [-0.4, -0.2) is 30.2 Å². The standard InChI is InChI=1S/C17H23N.C9H10O2.C8H15N/c1-13-6-8-14(9-7-13)12-17-16-5-3-2-4-15(16)10-11-18-17;1-7-2-4-8(5-3-7)6-9(10)11;9-7-6-8-4-2-1-3-5-8/h6-9,17-18H,2-5,10-12H2,1H3;2-5H,6H2,1H3,(H,10,11);4H,1-3,5-7,9H2. The lowest BCUT2D eigenvalue weighted by molar-refractivity contribution is -0.136. The first-order valence-electron chi connectivity index (χ1n) is 14.6. The number of aliphatic carboxylic acids is 1. The van der Waals surface area contributed by atoms with Crippen molar-refractivity contribution in [3.8, 4) is 0 Å². The third kappa shape index (κ3) is 10.6. The Labute approximate surface area is 230 Å². The Morgan fingerprint density at radius 1 is 0.868 bits per heavy atom. The summed E-state index contributed by atoms with van der Waals surface area (Å²) in [5.74, 6) is -0.783. The molecule has 206 valence electrons. The molecule has 4 N–H and O–H groups in total. The molecule has 3 aliphatic rings. The van der Waals surface area contributed by atoms with Gasteiger partial charge in [-0.25, -0.2) is 0 Å². The minimum atomic E-state index is -0.783. The van der Waals surface area contributed by atoms with Crippen molar-refractivity contribution in [3.63, 3.8) is 0 Å². The summed E-state index contributed by atoms with van der Waals surface area (Å²) >= 11 is 0. The van der Waals surface area contributed by atoms with Gasteiger partial charge in [-0.05, 0) is 109 Å². The molecule has 4 nitrogen and oxygen atoms in total. The van der Waals surface area contributed by atoms with E-state index in [2.05, 4.69) is 42.6 Å². The number of hydrogen-bond donors (Lipinski definition) is 3.